The summed E-state index contributed by atoms with van der Waals surface area (Å²) < 4.78 is 81.9. The van der Waals surface area contributed by atoms with Crippen molar-refractivity contribution >= 4 is 12.0 Å². The maximum absolute atomic E-state index is 14.1. The summed E-state index contributed by atoms with van der Waals surface area (Å²) in [4.78, 5) is 11.2. The van der Waals surface area contributed by atoms with E-state index < -0.39 is 42.1 Å². The molecule has 0 saturated heterocycles. The quantitative estimate of drug-likeness (QED) is 0.809. The van der Waals surface area contributed by atoms with Gasteiger partial charge in [-0.3, -0.25) is 4.39 Å². The van der Waals surface area contributed by atoms with Crippen molar-refractivity contribution in [3.05, 3.63) is 29.3 Å². The molecule has 1 heterocycles. The molecule has 0 spiro atoms. The lowest BCUT2D eigenvalue weighted by molar-refractivity contribution is -0.274. The van der Waals surface area contributed by atoms with Crippen molar-refractivity contribution in [1.29, 1.82) is 0 Å². The first-order chi connectivity index (χ1) is 11.5. The van der Waals surface area contributed by atoms with E-state index >= 15 is 0 Å². The van der Waals surface area contributed by atoms with Gasteiger partial charge in [-0.25, -0.2) is 13.6 Å². The Morgan fingerprint density at radius 1 is 1.28 bits per heavy atom. The normalized spacial score (nSPS) is 18.6. The van der Waals surface area contributed by atoms with Gasteiger partial charge in [-0.1, -0.05) is 0 Å². The van der Waals surface area contributed by atoms with Crippen molar-refractivity contribution in [2.45, 2.75) is 25.1 Å². The SMILES string of the molecule is CC(F)(CF)C1Oc2ccc(OC(F)(F)F)cc2C=C1C(=O)O.CF. The Labute approximate surface area is 138 Å². The average molecular weight is 372 g/mol. The number of carbonyl (C=O) groups is 1. The van der Waals surface area contributed by atoms with Gasteiger partial charge in [-0.05, 0) is 31.2 Å². The van der Waals surface area contributed by atoms with Gasteiger partial charge in [0, 0.05) is 5.56 Å². The molecule has 1 aliphatic rings. The van der Waals surface area contributed by atoms with E-state index in [2.05, 4.69) is 4.74 Å². The fourth-order valence-corrected chi connectivity index (χ4v) is 2.07. The third-order valence-corrected chi connectivity index (χ3v) is 3.11. The third-order valence-electron chi connectivity index (χ3n) is 3.11. The van der Waals surface area contributed by atoms with Crippen LogP contribution in [0.25, 0.3) is 6.08 Å². The summed E-state index contributed by atoms with van der Waals surface area (Å²) in [6.07, 6.45) is -5.72. The minimum atomic E-state index is -4.92. The number of alkyl halides is 6. The Kier molecular flexibility index (Phi) is 6.33. The van der Waals surface area contributed by atoms with E-state index in [1.54, 1.807) is 0 Å². The fraction of sp³-hybridized carbons (Fsp3) is 0.400. The number of aliphatic carboxylic acids is 1. The van der Waals surface area contributed by atoms with Gasteiger partial charge in [0.15, 0.2) is 11.8 Å². The van der Waals surface area contributed by atoms with E-state index in [0.29, 0.717) is 7.18 Å². The first-order valence-electron chi connectivity index (χ1n) is 6.67. The molecular formula is C15H14F6O4. The van der Waals surface area contributed by atoms with Gasteiger partial charge in [-0.15, -0.1) is 13.2 Å². The molecule has 0 radical (unpaired) electrons. The van der Waals surface area contributed by atoms with Crippen molar-refractivity contribution in [3.8, 4) is 11.5 Å². The van der Waals surface area contributed by atoms with Crippen molar-refractivity contribution in [2.75, 3.05) is 13.9 Å². The van der Waals surface area contributed by atoms with E-state index in [-0.39, 0.29) is 11.3 Å². The summed E-state index contributed by atoms with van der Waals surface area (Å²) in [7, 11) is 0.500. The van der Waals surface area contributed by atoms with Gasteiger partial charge in [-0.2, -0.15) is 0 Å². The number of benzene rings is 1. The predicted octanol–water partition coefficient (Wildman–Crippen LogP) is 4.10. The molecule has 0 aromatic heterocycles. The lowest BCUT2D eigenvalue weighted by Crippen LogP contribution is -2.45. The molecular weight excluding hydrogens is 358 g/mol. The first kappa shape index (κ1) is 20.7. The maximum Gasteiger partial charge on any atom is 0.573 e. The van der Waals surface area contributed by atoms with Crippen LogP contribution in [0.4, 0.5) is 26.3 Å². The smallest absolute Gasteiger partial charge is 0.481 e. The molecule has 0 fully saturated rings. The second-order valence-electron chi connectivity index (χ2n) is 5.06. The molecule has 1 N–H and O–H groups in total. The number of rotatable bonds is 4. The van der Waals surface area contributed by atoms with Crippen LogP contribution in [0.1, 0.15) is 12.5 Å². The van der Waals surface area contributed by atoms with Gasteiger partial charge in [0.05, 0.1) is 12.8 Å². The molecule has 1 aliphatic heterocycles. The Hall–Kier alpha value is -2.39. The monoisotopic (exact) mass is 372 g/mol. The highest BCUT2D eigenvalue weighted by atomic mass is 19.4. The first-order valence-corrected chi connectivity index (χ1v) is 6.67. The molecule has 1 aromatic rings. The highest BCUT2D eigenvalue weighted by Gasteiger charge is 2.44. The topological polar surface area (TPSA) is 55.8 Å². The van der Waals surface area contributed by atoms with E-state index in [1.165, 1.54) is 0 Å². The van der Waals surface area contributed by atoms with Crippen molar-refractivity contribution in [3.63, 3.8) is 0 Å². The van der Waals surface area contributed by atoms with Crippen LogP contribution in [-0.4, -0.2) is 43.1 Å². The summed E-state index contributed by atoms with van der Waals surface area (Å²) in [6, 6.07) is 2.88. The van der Waals surface area contributed by atoms with E-state index in [9.17, 15) is 31.1 Å². The Morgan fingerprint density at radius 3 is 2.36 bits per heavy atom. The fourth-order valence-electron chi connectivity index (χ4n) is 2.07. The number of fused-ring (bicyclic) bond motifs is 1. The lowest BCUT2D eigenvalue weighted by Gasteiger charge is -2.32. The van der Waals surface area contributed by atoms with Crippen LogP contribution in [0.2, 0.25) is 0 Å². The van der Waals surface area contributed by atoms with Gasteiger partial charge in [0.1, 0.15) is 18.2 Å². The average Bonchev–Trinajstić information content (AvgIpc) is 2.53. The van der Waals surface area contributed by atoms with Crippen LogP contribution in [0.5, 0.6) is 11.5 Å². The standard InChI is InChI=1S/C14H11F5O4.CH3F/c1-13(16,6-15)11-9(12(20)21)5-7-4-8(23-14(17,18)19)2-3-10(7)22-11;1-2/h2-5,11H,6H2,1H3,(H,20,21);1H3. The van der Waals surface area contributed by atoms with E-state index in [1.807, 2.05) is 0 Å². The van der Waals surface area contributed by atoms with Crippen LogP contribution >= 0.6 is 0 Å². The molecule has 2 rings (SSSR count). The van der Waals surface area contributed by atoms with Crippen LogP contribution in [-0.2, 0) is 4.79 Å². The van der Waals surface area contributed by atoms with Crippen molar-refractivity contribution in [2.24, 2.45) is 0 Å². The van der Waals surface area contributed by atoms with Crippen LogP contribution < -0.4 is 9.47 Å². The lowest BCUT2D eigenvalue weighted by atomic mass is 9.91. The molecule has 2 atom stereocenters. The zero-order valence-corrected chi connectivity index (χ0v) is 13.0. The Bertz CT molecular complexity index is 654. The van der Waals surface area contributed by atoms with Crippen LogP contribution in [0.3, 0.4) is 0 Å². The zero-order valence-electron chi connectivity index (χ0n) is 13.0. The highest BCUT2D eigenvalue weighted by Crippen LogP contribution is 2.38. The van der Waals surface area contributed by atoms with Crippen molar-refractivity contribution < 1.29 is 45.7 Å². The molecule has 2 unspecified atom stereocenters. The maximum atomic E-state index is 14.1. The summed E-state index contributed by atoms with van der Waals surface area (Å²) >= 11 is 0. The van der Waals surface area contributed by atoms with Gasteiger partial charge < -0.3 is 14.6 Å². The molecule has 25 heavy (non-hydrogen) atoms. The molecule has 0 bridgehead atoms. The summed E-state index contributed by atoms with van der Waals surface area (Å²) in [5.74, 6) is -2.24. The number of ether oxygens (including phenoxy) is 2. The van der Waals surface area contributed by atoms with Crippen molar-refractivity contribution in [1.82, 2.24) is 0 Å². The minimum Gasteiger partial charge on any atom is -0.481 e. The molecule has 0 amide bonds. The summed E-state index contributed by atoms with van der Waals surface area (Å²) in [6.45, 7) is -0.659. The molecule has 4 nitrogen and oxygen atoms in total. The molecule has 140 valence electrons. The highest BCUT2D eigenvalue weighted by molar-refractivity contribution is 5.95. The number of carboxylic acids is 1. The summed E-state index contributed by atoms with van der Waals surface area (Å²) in [5.41, 5.74) is -3.26. The Morgan fingerprint density at radius 2 is 1.88 bits per heavy atom. The summed E-state index contributed by atoms with van der Waals surface area (Å²) in [5, 5.41) is 9.10. The van der Waals surface area contributed by atoms with Gasteiger partial charge in [0.2, 0.25) is 0 Å². The van der Waals surface area contributed by atoms with Crippen LogP contribution in [0.15, 0.2) is 23.8 Å². The molecule has 0 aliphatic carbocycles. The Balaban J connectivity index is 0.00000151. The molecule has 1 aromatic carbocycles. The minimum absolute atomic E-state index is 0.0462. The number of carboxylic acid groups (broad SMARTS) is 1. The van der Waals surface area contributed by atoms with Gasteiger partial charge in [0.25, 0.3) is 0 Å². The zero-order chi connectivity index (χ0) is 19.4. The number of halogens is 6. The number of hydrogen-bond donors (Lipinski definition) is 1. The largest absolute Gasteiger partial charge is 0.573 e. The third kappa shape index (κ3) is 5.04. The van der Waals surface area contributed by atoms with E-state index in [0.717, 1.165) is 31.2 Å². The molecule has 10 heteroatoms. The number of hydrogen-bond acceptors (Lipinski definition) is 3. The van der Waals surface area contributed by atoms with E-state index in [4.69, 9.17) is 9.84 Å². The predicted molar refractivity (Wildman–Crippen MR) is 75.7 cm³/mol. The molecule has 0 saturated carbocycles. The van der Waals surface area contributed by atoms with Crippen LogP contribution in [0, 0.1) is 0 Å². The van der Waals surface area contributed by atoms with Gasteiger partial charge >= 0.3 is 12.3 Å². The second-order valence-corrected chi connectivity index (χ2v) is 5.06. The second kappa shape index (κ2) is 7.66.